The fourth-order valence-corrected chi connectivity index (χ4v) is 4.34. The zero-order valence-corrected chi connectivity index (χ0v) is 17.4. The molecule has 146 valence electrons. The van der Waals surface area contributed by atoms with E-state index in [0.29, 0.717) is 11.4 Å². The topological polar surface area (TPSA) is 84.5 Å². The fraction of sp³-hybridized carbons (Fsp3) is 0.316. The minimum atomic E-state index is -3.86. The first-order chi connectivity index (χ1) is 12.8. The number of rotatable bonds is 8. The lowest BCUT2D eigenvalue weighted by Gasteiger charge is -2.15. The Balaban J connectivity index is 2.40. The molecular formula is C19H24N2O4S2. The number of methoxy groups -OCH3 is 1. The molecule has 8 heteroatoms. The average Bonchev–Trinajstić information content (AvgIpc) is 2.62. The van der Waals surface area contributed by atoms with Crippen LogP contribution >= 0.6 is 11.8 Å². The lowest BCUT2D eigenvalue weighted by Crippen LogP contribution is -2.30. The summed E-state index contributed by atoms with van der Waals surface area (Å²) in [4.78, 5) is 13.2. The highest BCUT2D eigenvalue weighted by Gasteiger charge is 2.21. The molecule has 0 aliphatic heterocycles. The van der Waals surface area contributed by atoms with Crippen molar-refractivity contribution in [1.29, 1.82) is 0 Å². The van der Waals surface area contributed by atoms with Crippen LogP contribution in [0.4, 0.5) is 5.69 Å². The van der Waals surface area contributed by atoms with Crippen LogP contribution in [-0.4, -0.2) is 33.2 Å². The van der Waals surface area contributed by atoms with Gasteiger partial charge in [-0.1, -0.05) is 19.1 Å². The van der Waals surface area contributed by atoms with Crippen molar-refractivity contribution in [3.8, 4) is 5.75 Å². The standard InChI is InChI=1S/C19H24N2O4S2/c1-5-26-18-9-7-6-8-16(18)21-27(23,24)14-10-11-17(25-4)15(12-14)19(22)20-13(2)3/h6-13,21H,5H2,1-4H3,(H,20,22). The fourth-order valence-electron chi connectivity index (χ4n) is 2.41. The van der Waals surface area contributed by atoms with Crippen molar-refractivity contribution in [3.63, 3.8) is 0 Å². The summed E-state index contributed by atoms with van der Waals surface area (Å²) in [5.41, 5.74) is 0.679. The maximum Gasteiger partial charge on any atom is 0.261 e. The van der Waals surface area contributed by atoms with Crippen molar-refractivity contribution in [3.05, 3.63) is 48.0 Å². The van der Waals surface area contributed by atoms with Gasteiger partial charge in [-0.3, -0.25) is 9.52 Å². The van der Waals surface area contributed by atoms with Crippen molar-refractivity contribution >= 4 is 33.4 Å². The molecule has 0 spiro atoms. The largest absolute Gasteiger partial charge is 0.496 e. The monoisotopic (exact) mass is 408 g/mol. The van der Waals surface area contributed by atoms with Crippen molar-refractivity contribution in [2.75, 3.05) is 17.6 Å². The molecule has 2 aromatic rings. The summed E-state index contributed by atoms with van der Waals surface area (Å²) in [7, 11) is -2.43. The highest BCUT2D eigenvalue weighted by molar-refractivity contribution is 7.99. The number of ether oxygens (including phenoxy) is 1. The number of thioether (sulfide) groups is 1. The van der Waals surface area contributed by atoms with E-state index in [1.165, 1.54) is 25.3 Å². The number of sulfonamides is 1. The molecule has 2 N–H and O–H groups in total. The predicted octanol–water partition coefficient (Wildman–Crippen LogP) is 3.75. The van der Waals surface area contributed by atoms with Crippen LogP contribution in [0.2, 0.25) is 0 Å². The van der Waals surface area contributed by atoms with Crippen molar-refractivity contribution in [1.82, 2.24) is 5.32 Å². The number of para-hydroxylation sites is 1. The van der Waals surface area contributed by atoms with Gasteiger partial charge in [-0.15, -0.1) is 11.8 Å². The summed E-state index contributed by atoms with van der Waals surface area (Å²) >= 11 is 1.55. The first kappa shape index (κ1) is 21.1. The van der Waals surface area contributed by atoms with Gasteiger partial charge in [0.15, 0.2) is 0 Å². The van der Waals surface area contributed by atoms with Gasteiger partial charge in [-0.2, -0.15) is 0 Å². The van der Waals surface area contributed by atoms with E-state index >= 15 is 0 Å². The first-order valence-corrected chi connectivity index (χ1v) is 11.0. The maximum atomic E-state index is 12.9. The van der Waals surface area contributed by atoms with Crippen LogP contribution < -0.4 is 14.8 Å². The predicted molar refractivity (Wildman–Crippen MR) is 109 cm³/mol. The lowest BCUT2D eigenvalue weighted by atomic mass is 10.2. The smallest absolute Gasteiger partial charge is 0.261 e. The van der Waals surface area contributed by atoms with Gasteiger partial charge in [0, 0.05) is 10.9 Å². The van der Waals surface area contributed by atoms with Crippen LogP contribution in [0, 0.1) is 0 Å². The molecule has 0 fully saturated rings. The second-order valence-corrected chi connectivity index (χ2v) is 9.01. The van der Waals surface area contributed by atoms with E-state index in [1.54, 1.807) is 23.9 Å². The van der Waals surface area contributed by atoms with Crippen molar-refractivity contribution in [2.24, 2.45) is 0 Å². The van der Waals surface area contributed by atoms with E-state index in [4.69, 9.17) is 4.74 Å². The molecule has 1 amide bonds. The molecule has 0 unspecified atom stereocenters. The average molecular weight is 409 g/mol. The summed E-state index contributed by atoms with van der Waals surface area (Å²) < 4.78 is 33.5. The molecule has 0 aliphatic carbocycles. The van der Waals surface area contributed by atoms with Gasteiger partial charge in [-0.05, 0) is 49.9 Å². The molecule has 0 radical (unpaired) electrons. The van der Waals surface area contributed by atoms with E-state index in [9.17, 15) is 13.2 Å². The molecule has 2 rings (SSSR count). The first-order valence-electron chi connectivity index (χ1n) is 8.52. The number of nitrogens with one attached hydrogen (secondary N) is 2. The van der Waals surface area contributed by atoms with Gasteiger partial charge in [0.2, 0.25) is 0 Å². The molecule has 6 nitrogen and oxygen atoms in total. The van der Waals surface area contributed by atoms with Crippen LogP contribution in [-0.2, 0) is 10.0 Å². The van der Waals surface area contributed by atoms with Gasteiger partial charge < -0.3 is 10.1 Å². The van der Waals surface area contributed by atoms with E-state index in [2.05, 4.69) is 10.0 Å². The normalized spacial score (nSPS) is 11.3. The Bertz CT molecular complexity index is 912. The zero-order chi connectivity index (χ0) is 20.0. The van der Waals surface area contributed by atoms with Gasteiger partial charge in [0.05, 0.1) is 23.3 Å². The van der Waals surface area contributed by atoms with Crippen LogP contribution in [0.25, 0.3) is 0 Å². The van der Waals surface area contributed by atoms with Crippen LogP contribution in [0.5, 0.6) is 5.75 Å². The van der Waals surface area contributed by atoms with E-state index in [1.807, 2.05) is 32.9 Å². The molecule has 0 heterocycles. The molecule has 0 saturated carbocycles. The Hall–Kier alpha value is -2.19. The van der Waals surface area contributed by atoms with Crippen molar-refractivity contribution < 1.29 is 17.9 Å². The molecule has 0 bridgehead atoms. The maximum absolute atomic E-state index is 12.9. The van der Waals surface area contributed by atoms with E-state index in [0.717, 1.165) is 10.6 Å². The number of anilines is 1. The van der Waals surface area contributed by atoms with Crippen LogP contribution in [0.15, 0.2) is 52.3 Å². The molecule has 0 aliphatic rings. The van der Waals surface area contributed by atoms with Gasteiger partial charge >= 0.3 is 0 Å². The van der Waals surface area contributed by atoms with Gasteiger partial charge in [0.25, 0.3) is 15.9 Å². The highest BCUT2D eigenvalue weighted by Crippen LogP contribution is 2.30. The Kier molecular flexibility index (Phi) is 7.15. The third-order valence-corrected chi connectivity index (χ3v) is 5.90. The zero-order valence-electron chi connectivity index (χ0n) is 15.8. The number of hydrogen-bond donors (Lipinski definition) is 2. The summed E-state index contributed by atoms with van der Waals surface area (Å²) in [6, 6.07) is 11.4. The second kappa shape index (κ2) is 9.14. The third-order valence-electron chi connectivity index (χ3n) is 3.58. The minimum absolute atomic E-state index is 0.00601. The van der Waals surface area contributed by atoms with Gasteiger partial charge in [0.1, 0.15) is 5.75 Å². The van der Waals surface area contributed by atoms with E-state index in [-0.39, 0.29) is 22.4 Å². The minimum Gasteiger partial charge on any atom is -0.496 e. The summed E-state index contributed by atoms with van der Waals surface area (Å²) in [6.45, 7) is 5.66. The van der Waals surface area contributed by atoms with Crippen molar-refractivity contribution in [2.45, 2.75) is 36.6 Å². The second-order valence-electron chi connectivity index (χ2n) is 6.02. The van der Waals surface area contributed by atoms with E-state index < -0.39 is 10.0 Å². The Morgan fingerprint density at radius 3 is 2.52 bits per heavy atom. The number of carbonyl (C=O) groups excluding carboxylic acids is 1. The molecule has 0 saturated heterocycles. The molecule has 0 aromatic heterocycles. The summed E-state index contributed by atoms with van der Waals surface area (Å²) in [5, 5.41) is 2.75. The van der Waals surface area contributed by atoms with Crippen LogP contribution in [0.3, 0.4) is 0 Å². The summed E-state index contributed by atoms with van der Waals surface area (Å²) in [6.07, 6.45) is 0. The Morgan fingerprint density at radius 1 is 1.19 bits per heavy atom. The Labute approximate surface area is 164 Å². The SMILES string of the molecule is CCSc1ccccc1NS(=O)(=O)c1ccc(OC)c(C(=O)NC(C)C)c1. The number of benzene rings is 2. The number of carbonyl (C=O) groups is 1. The Morgan fingerprint density at radius 2 is 1.89 bits per heavy atom. The molecule has 27 heavy (non-hydrogen) atoms. The molecular weight excluding hydrogens is 384 g/mol. The lowest BCUT2D eigenvalue weighted by molar-refractivity contribution is 0.0940. The van der Waals surface area contributed by atoms with Crippen LogP contribution in [0.1, 0.15) is 31.1 Å². The van der Waals surface area contributed by atoms with Gasteiger partial charge in [-0.25, -0.2) is 8.42 Å². The molecule has 0 atom stereocenters. The number of hydrogen-bond acceptors (Lipinski definition) is 5. The molecule has 2 aromatic carbocycles. The highest BCUT2D eigenvalue weighted by atomic mass is 32.2. The third kappa shape index (κ3) is 5.40. The number of amides is 1. The quantitative estimate of drug-likeness (QED) is 0.650. The summed E-state index contributed by atoms with van der Waals surface area (Å²) in [5.74, 6) is 0.746.